The van der Waals surface area contributed by atoms with Crippen LogP contribution in [0.1, 0.15) is 0 Å². The van der Waals surface area contributed by atoms with Crippen LogP contribution in [0.2, 0.25) is 0 Å². The van der Waals surface area contributed by atoms with Gasteiger partial charge in [-0.2, -0.15) is 0 Å². The standard InChI is InChI=1S/C3H12IO3Si/c1-5-4(8,6-2)7-3/h1-3,8H3. The molecule has 8 heavy (non-hydrogen) atoms. The first-order valence-corrected chi connectivity index (χ1v) is 11.9. The van der Waals surface area contributed by atoms with Crippen molar-refractivity contribution in [1.29, 1.82) is 0 Å². The summed E-state index contributed by atoms with van der Waals surface area (Å²) in [6.45, 7) is 0. The second kappa shape index (κ2) is 3.78. The van der Waals surface area contributed by atoms with Gasteiger partial charge in [-0.1, -0.05) is 0 Å². The van der Waals surface area contributed by atoms with Gasteiger partial charge in [0.1, 0.15) is 0 Å². The topological polar surface area (TPSA) is 27.7 Å². The maximum absolute atomic E-state index is 5.03. The van der Waals surface area contributed by atoms with Crippen molar-refractivity contribution in [2.75, 3.05) is 21.3 Å². The van der Waals surface area contributed by atoms with Crippen LogP contribution in [0.5, 0.6) is 0 Å². The van der Waals surface area contributed by atoms with Crippen molar-refractivity contribution >= 4 is 26.6 Å². The molecular weight excluding hydrogens is 239 g/mol. The van der Waals surface area contributed by atoms with Crippen LogP contribution in [-0.4, -0.2) is 29.1 Å². The summed E-state index contributed by atoms with van der Waals surface area (Å²) >= 11 is -2.42. The first-order valence-electron chi connectivity index (χ1n) is 2.07. The minimum absolute atomic E-state index is 0.884. The fraction of sp³-hybridized carbons (Fsp3) is 1.00. The van der Waals surface area contributed by atoms with Gasteiger partial charge in [0, 0.05) is 0 Å². The molecule has 0 fully saturated rings. The van der Waals surface area contributed by atoms with Crippen LogP contribution in [-0.2, 0) is 9.20 Å². The van der Waals surface area contributed by atoms with Crippen LogP contribution in [0.3, 0.4) is 0 Å². The molecule has 0 bridgehead atoms. The first kappa shape index (κ1) is 8.83. The van der Waals surface area contributed by atoms with Crippen molar-refractivity contribution in [2.24, 2.45) is 0 Å². The Labute approximate surface area is 57.3 Å². The van der Waals surface area contributed by atoms with E-state index in [1.807, 2.05) is 0 Å². The second-order valence-electron chi connectivity index (χ2n) is 1.11. The summed E-state index contributed by atoms with van der Waals surface area (Å²) in [6, 6.07) is 0. The van der Waals surface area contributed by atoms with Crippen molar-refractivity contribution in [1.82, 2.24) is 0 Å². The molecule has 0 unspecified atom stereocenters. The molecule has 0 aliphatic rings. The summed E-state index contributed by atoms with van der Waals surface area (Å²) in [6.07, 6.45) is 0. The van der Waals surface area contributed by atoms with Crippen molar-refractivity contribution in [3.8, 4) is 0 Å². The van der Waals surface area contributed by atoms with Gasteiger partial charge in [-0.05, 0) is 0 Å². The number of hydrogen-bond donors (Lipinski definition) is 0. The molecule has 0 aliphatic heterocycles. The Morgan fingerprint density at radius 3 is 1.25 bits per heavy atom. The van der Waals surface area contributed by atoms with Crippen LogP contribution in [0.15, 0.2) is 0 Å². The molecular formula is C3H12IO3Si. The minimum atomic E-state index is -2.42. The molecule has 0 atom stereocenters. The quantitative estimate of drug-likeness (QED) is 0.401. The van der Waals surface area contributed by atoms with E-state index < -0.39 is 18.9 Å². The zero-order valence-electron chi connectivity index (χ0n) is 5.60. The first-order chi connectivity index (χ1) is 3.68. The Morgan fingerprint density at radius 2 is 1.25 bits per heavy atom. The Balaban J connectivity index is 3.58. The number of halogens is 1. The van der Waals surface area contributed by atoms with Gasteiger partial charge in [0.15, 0.2) is 0 Å². The molecule has 0 heterocycles. The third-order valence-electron chi connectivity index (χ3n) is 0.841. The van der Waals surface area contributed by atoms with E-state index in [0.29, 0.717) is 0 Å². The fourth-order valence-corrected chi connectivity index (χ4v) is 1.27. The van der Waals surface area contributed by atoms with Gasteiger partial charge in [0.25, 0.3) is 0 Å². The molecule has 3 nitrogen and oxygen atoms in total. The van der Waals surface area contributed by atoms with E-state index in [0.717, 1.165) is 7.74 Å². The van der Waals surface area contributed by atoms with Gasteiger partial charge in [-0.3, -0.25) is 0 Å². The molecule has 0 aromatic heterocycles. The maximum atomic E-state index is 5.03. The van der Waals surface area contributed by atoms with Gasteiger partial charge < -0.3 is 0 Å². The normalized spacial score (nSPS) is 14.4. The van der Waals surface area contributed by atoms with Crippen LogP contribution < -0.4 is 0 Å². The molecule has 0 aromatic carbocycles. The van der Waals surface area contributed by atoms with Crippen LogP contribution in [0.25, 0.3) is 0 Å². The van der Waals surface area contributed by atoms with E-state index in [4.69, 9.17) is 9.20 Å². The average Bonchev–Trinajstić information content (AvgIpc) is 1.87. The van der Waals surface area contributed by atoms with Crippen molar-refractivity contribution < 1.29 is 9.20 Å². The molecule has 1 radical (unpaired) electrons. The molecule has 0 N–H and O–H groups in total. The van der Waals surface area contributed by atoms with E-state index in [1.165, 1.54) is 0 Å². The SMILES string of the molecule is CO[I]([SiH3])(OC)OC. The molecule has 0 amide bonds. The van der Waals surface area contributed by atoms with E-state index in [2.05, 4.69) is 0 Å². The Kier molecular flexibility index (Phi) is 4.17. The predicted molar refractivity (Wildman–Crippen MR) is 45.0 cm³/mol. The number of hydrogen-bond acceptors (Lipinski definition) is 3. The van der Waals surface area contributed by atoms with Gasteiger partial charge in [0.2, 0.25) is 0 Å². The molecule has 0 aliphatic carbocycles. The van der Waals surface area contributed by atoms with Gasteiger partial charge >= 0.3 is 57.2 Å². The van der Waals surface area contributed by atoms with Crippen molar-refractivity contribution in [3.05, 3.63) is 0 Å². The summed E-state index contributed by atoms with van der Waals surface area (Å²) in [4.78, 5) is 0. The molecule has 5 heteroatoms. The van der Waals surface area contributed by atoms with Gasteiger partial charge in [-0.15, -0.1) is 0 Å². The Hall–Kier alpha value is 0.827. The van der Waals surface area contributed by atoms with Gasteiger partial charge in [-0.25, -0.2) is 0 Å². The Bertz CT molecular complexity index is 57.3. The summed E-state index contributed by atoms with van der Waals surface area (Å²) < 4.78 is 15.1. The molecule has 0 aromatic rings. The summed E-state index contributed by atoms with van der Waals surface area (Å²) in [7, 11) is 5.79. The average molecular weight is 251 g/mol. The molecule has 0 saturated heterocycles. The molecule has 0 saturated carbocycles. The Morgan fingerprint density at radius 1 is 1.00 bits per heavy atom. The van der Waals surface area contributed by atoms with Crippen LogP contribution in [0, 0.1) is 0 Å². The predicted octanol–water partition coefficient (Wildman–Crippen LogP) is -0.00690. The molecule has 53 valence electrons. The third kappa shape index (κ3) is 2.40. The summed E-state index contributed by atoms with van der Waals surface area (Å²) in [5, 5.41) is 0. The van der Waals surface area contributed by atoms with Crippen molar-refractivity contribution in [2.45, 2.75) is 0 Å². The molecule has 0 spiro atoms. The van der Waals surface area contributed by atoms with E-state index in [-0.39, 0.29) is 0 Å². The van der Waals surface area contributed by atoms with Crippen molar-refractivity contribution in [3.63, 3.8) is 0 Å². The summed E-state index contributed by atoms with van der Waals surface area (Å²) in [5.41, 5.74) is 0. The summed E-state index contributed by atoms with van der Waals surface area (Å²) in [5.74, 6) is 0. The second-order valence-corrected chi connectivity index (χ2v) is 13.7. The van der Waals surface area contributed by atoms with E-state index in [1.54, 1.807) is 21.3 Å². The monoisotopic (exact) mass is 251 g/mol. The molecule has 0 rings (SSSR count). The van der Waals surface area contributed by atoms with E-state index >= 15 is 0 Å². The third-order valence-corrected chi connectivity index (χ3v) is 11.9. The van der Waals surface area contributed by atoms with Crippen LogP contribution in [0.4, 0.5) is 0 Å². The van der Waals surface area contributed by atoms with Crippen LogP contribution >= 0.6 is 18.9 Å². The fourth-order valence-electron chi connectivity index (χ4n) is 0.189. The number of rotatable bonds is 3. The zero-order valence-corrected chi connectivity index (χ0v) is 9.76. The van der Waals surface area contributed by atoms with Gasteiger partial charge in [0.05, 0.1) is 0 Å². The zero-order chi connectivity index (χ0) is 6.62. The van der Waals surface area contributed by atoms with E-state index in [9.17, 15) is 0 Å².